The molecule has 1 N–H and O–H groups in total. The Balaban J connectivity index is 1.90. The largest absolute Gasteiger partial charge is 0.437 e. The van der Waals surface area contributed by atoms with E-state index >= 15 is 0 Å². The number of benzene rings is 1. The molecule has 0 amide bonds. The number of hydrogen-bond donors (Lipinski definition) is 1. The van der Waals surface area contributed by atoms with Crippen molar-refractivity contribution in [3.05, 3.63) is 48.4 Å². The number of nitrogens with zero attached hydrogens (tertiary/aromatic N) is 3. The zero-order valence-electron chi connectivity index (χ0n) is 12.0. The van der Waals surface area contributed by atoms with Gasteiger partial charge < -0.3 is 10.1 Å². The topological polar surface area (TPSA) is 59.9 Å². The maximum Gasteiger partial charge on any atom is 0.224 e. The highest BCUT2D eigenvalue weighted by atomic mass is 16.5. The van der Waals surface area contributed by atoms with Crippen LogP contribution >= 0.6 is 0 Å². The standard InChI is InChI=1S/C16H16N4O/c1-3-17-15-9-16(20-11(2)19-15)21-13-8-12-6-4-5-7-14(12)18-10-13/h4-10H,3H2,1-2H3,(H,17,19,20). The molecule has 0 fully saturated rings. The number of aromatic nitrogens is 3. The Labute approximate surface area is 123 Å². The van der Waals surface area contributed by atoms with E-state index in [1.54, 1.807) is 12.3 Å². The van der Waals surface area contributed by atoms with Crippen molar-refractivity contribution in [1.29, 1.82) is 0 Å². The van der Waals surface area contributed by atoms with E-state index in [1.807, 2.05) is 44.2 Å². The summed E-state index contributed by atoms with van der Waals surface area (Å²) in [4.78, 5) is 13.0. The Hall–Kier alpha value is -2.69. The van der Waals surface area contributed by atoms with Gasteiger partial charge in [0.1, 0.15) is 17.4 Å². The summed E-state index contributed by atoms with van der Waals surface area (Å²) in [6.07, 6.45) is 1.70. The lowest BCUT2D eigenvalue weighted by atomic mass is 10.2. The van der Waals surface area contributed by atoms with Crippen molar-refractivity contribution in [3.8, 4) is 11.6 Å². The van der Waals surface area contributed by atoms with Gasteiger partial charge in [-0.1, -0.05) is 18.2 Å². The van der Waals surface area contributed by atoms with Crippen LogP contribution in [-0.2, 0) is 0 Å². The lowest BCUT2D eigenvalue weighted by Crippen LogP contribution is -2.02. The van der Waals surface area contributed by atoms with Crippen LogP contribution in [0, 0.1) is 6.92 Å². The number of ether oxygens (including phenoxy) is 1. The molecule has 0 aliphatic carbocycles. The average Bonchev–Trinajstić information content (AvgIpc) is 2.47. The number of pyridine rings is 1. The summed E-state index contributed by atoms with van der Waals surface area (Å²) >= 11 is 0. The van der Waals surface area contributed by atoms with Crippen LogP contribution in [0.2, 0.25) is 0 Å². The van der Waals surface area contributed by atoms with Crippen molar-refractivity contribution in [2.45, 2.75) is 13.8 Å². The Bertz CT molecular complexity index is 773. The third-order valence-electron chi connectivity index (χ3n) is 2.96. The fraction of sp³-hybridized carbons (Fsp3) is 0.188. The third-order valence-corrected chi connectivity index (χ3v) is 2.96. The average molecular weight is 280 g/mol. The molecule has 106 valence electrons. The predicted molar refractivity (Wildman–Crippen MR) is 82.7 cm³/mol. The fourth-order valence-electron chi connectivity index (χ4n) is 2.09. The highest BCUT2D eigenvalue weighted by Gasteiger charge is 2.05. The zero-order valence-corrected chi connectivity index (χ0v) is 12.0. The molecule has 5 nitrogen and oxygen atoms in total. The number of fused-ring (bicyclic) bond motifs is 1. The van der Waals surface area contributed by atoms with Gasteiger partial charge in [0.25, 0.3) is 0 Å². The summed E-state index contributed by atoms with van der Waals surface area (Å²) in [5.41, 5.74) is 0.942. The van der Waals surface area contributed by atoms with Gasteiger partial charge in [0.2, 0.25) is 5.88 Å². The van der Waals surface area contributed by atoms with Gasteiger partial charge in [-0.25, -0.2) is 4.98 Å². The van der Waals surface area contributed by atoms with Gasteiger partial charge in [-0.15, -0.1) is 0 Å². The molecule has 0 radical (unpaired) electrons. The predicted octanol–water partition coefficient (Wildman–Crippen LogP) is 3.56. The van der Waals surface area contributed by atoms with Crippen molar-refractivity contribution in [2.24, 2.45) is 0 Å². The highest BCUT2D eigenvalue weighted by Crippen LogP contribution is 2.24. The van der Waals surface area contributed by atoms with Crippen LogP contribution in [-0.4, -0.2) is 21.5 Å². The first-order valence-corrected chi connectivity index (χ1v) is 6.87. The van der Waals surface area contributed by atoms with Crippen LogP contribution in [0.15, 0.2) is 42.6 Å². The first-order chi connectivity index (χ1) is 10.2. The van der Waals surface area contributed by atoms with Crippen LogP contribution in [0.5, 0.6) is 11.6 Å². The summed E-state index contributed by atoms with van der Waals surface area (Å²) in [5, 5.41) is 4.19. The van der Waals surface area contributed by atoms with Crippen molar-refractivity contribution >= 4 is 16.7 Å². The second-order valence-electron chi connectivity index (χ2n) is 4.63. The van der Waals surface area contributed by atoms with E-state index < -0.39 is 0 Å². The Morgan fingerprint density at radius 2 is 2.00 bits per heavy atom. The molecule has 2 aromatic heterocycles. The molecule has 2 heterocycles. The molecule has 3 rings (SSSR count). The molecule has 0 spiro atoms. The molecule has 1 aromatic carbocycles. The van der Waals surface area contributed by atoms with E-state index in [1.165, 1.54) is 0 Å². The molecular formula is C16H16N4O. The van der Waals surface area contributed by atoms with E-state index in [2.05, 4.69) is 20.3 Å². The van der Waals surface area contributed by atoms with Gasteiger partial charge in [-0.2, -0.15) is 4.98 Å². The van der Waals surface area contributed by atoms with Crippen molar-refractivity contribution in [1.82, 2.24) is 15.0 Å². The summed E-state index contributed by atoms with van der Waals surface area (Å²) in [6.45, 7) is 4.66. The minimum Gasteiger partial charge on any atom is -0.437 e. The Kier molecular flexibility index (Phi) is 3.64. The molecule has 5 heteroatoms. The maximum absolute atomic E-state index is 5.80. The molecule has 0 aliphatic heterocycles. The quantitative estimate of drug-likeness (QED) is 0.791. The molecule has 3 aromatic rings. The SMILES string of the molecule is CCNc1cc(Oc2cnc3ccccc3c2)nc(C)n1. The molecule has 21 heavy (non-hydrogen) atoms. The number of rotatable bonds is 4. The van der Waals surface area contributed by atoms with Gasteiger partial charge in [0.05, 0.1) is 11.7 Å². The minimum atomic E-state index is 0.510. The van der Waals surface area contributed by atoms with Crippen LogP contribution < -0.4 is 10.1 Å². The smallest absolute Gasteiger partial charge is 0.224 e. The summed E-state index contributed by atoms with van der Waals surface area (Å²) in [6, 6.07) is 11.7. The Morgan fingerprint density at radius 1 is 1.14 bits per heavy atom. The number of hydrogen-bond acceptors (Lipinski definition) is 5. The summed E-state index contributed by atoms with van der Waals surface area (Å²) in [5.74, 6) is 2.59. The normalized spacial score (nSPS) is 10.6. The minimum absolute atomic E-state index is 0.510. The van der Waals surface area contributed by atoms with E-state index in [-0.39, 0.29) is 0 Å². The molecule has 0 aliphatic rings. The number of para-hydroxylation sites is 1. The van der Waals surface area contributed by atoms with Crippen molar-refractivity contribution in [2.75, 3.05) is 11.9 Å². The summed E-state index contributed by atoms with van der Waals surface area (Å²) in [7, 11) is 0. The van der Waals surface area contributed by atoms with Gasteiger partial charge >= 0.3 is 0 Å². The van der Waals surface area contributed by atoms with E-state index in [9.17, 15) is 0 Å². The molecule has 0 saturated carbocycles. The second-order valence-corrected chi connectivity index (χ2v) is 4.63. The Morgan fingerprint density at radius 3 is 2.86 bits per heavy atom. The second kappa shape index (κ2) is 5.75. The van der Waals surface area contributed by atoms with Gasteiger partial charge in [-0.3, -0.25) is 4.98 Å². The zero-order chi connectivity index (χ0) is 14.7. The lowest BCUT2D eigenvalue weighted by Gasteiger charge is -2.08. The van der Waals surface area contributed by atoms with Crippen LogP contribution in [0.3, 0.4) is 0 Å². The van der Waals surface area contributed by atoms with Gasteiger partial charge in [0.15, 0.2) is 0 Å². The lowest BCUT2D eigenvalue weighted by molar-refractivity contribution is 0.459. The third kappa shape index (κ3) is 3.08. The first kappa shape index (κ1) is 13.3. The molecule has 0 unspecified atom stereocenters. The van der Waals surface area contributed by atoms with Gasteiger partial charge in [0, 0.05) is 18.0 Å². The number of anilines is 1. The van der Waals surface area contributed by atoms with Crippen LogP contribution in [0.25, 0.3) is 10.9 Å². The number of aryl methyl sites for hydroxylation is 1. The van der Waals surface area contributed by atoms with E-state index in [0.717, 1.165) is 23.3 Å². The van der Waals surface area contributed by atoms with Crippen molar-refractivity contribution in [3.63, 3.8) is 0 Å². The monoisotopic (exact) mass is 280 g/mol. The van der Waals surface area contributed by atoms with E-state index in [4.69, 9.17) is 4.74 Å². The fourth-order valence-corrected chi connectivity index (χ4v) is 2.09. The van der Waals surface area contributed by atoms with E-state index in [0.29, 0.717) is 17.5 Å². The summed E-state index contributed by atoms with van der Waals surface area (Å²) < 4.78 is 5.80. The molecular weight excluding hydrogens is 264 g/mol. The van der Waals surface area contributed by atoms with Gasteiger partial charge in [-0.05, 0) is 26.0 Å². The molecule has 0 saturated heterocycles. The highest BCUT2D eigenvalue weighted by molar-refractivity contribution is 5.79. The van der Waals surface area contributed by atoms with Crippen LogP contribution in [0.1, 0.15) is 12.7 Å². The van der Waals surface area contributed by atoms with Crippen LogP contribution in [0.4, 0.5) is 5.82 Å². The molecule has 0 atom stereocenters. The maximum atomic E-state index is 5.80. The number of nitrogens with one attached hydrogen (secondary N) is 1. The molecule has 0 bridgehead atoms. The first-order valence-electron chi connectivity index (χ1n) is 6.87. The van der Waals surface area contributed by atoms with Crippen molar-refractivity contribution < 1.29 is 4.74 Å².